The lowest BCUT2D eigenvalue weighted by Crippen LogP contribution is -2.24. The van der Waals surface area contributed by atoms with E-state index in [1.165, 1.54) is 31.2 Å². The van der Waals surface area contributed by atoms with E-state index in [0.29, 0.717) is 0 Å². The van der Waals surface area contributed by atoms with E-state index in [2.05, 4.69) is 19.9 Å². The van der Waals surface area contributed by atoms with Gasteiger partial charge in [-0.1, -0.05) is 17.7 Å². The van der Waals surface area contributed by atoms with Crippen molar-refractivity contribution >= 4 is 33.1 Å². The summed E-state index contributed by atoms with van der Waals surface area (Å²) in [6, 6.07) is 5.44. The van der Waals surface area contributed by atoms with E-state index < -0.39 is 50.9 Å². The van der Waals surface area contributed by atoms with Gasteiger partial charge >= 0.3 is 12.1 Å². The number of halogens is 4. The Labute approximate surface area is 179 Å². The first kappa shape index (κ1) is 24.3. The average Bonchev–Trinajstić information content (AvgIpc) is 3.16. The lowest BCUT2D eigenvalue weighted by atomic mass is 10.2. The predicted molar refractivity (Wildman–Crippen MR) is 104 cm³/mol. The van der Waals surface area contributed by atoms with Crippen LogP contribution in [0.25, 0.3) is 11.5 Å². The van der Waals surface area contributed by atoms with Crippen molar-refractivity contribution < 1.29 is 35.5 Å². The molecule has 31 heavy (non-hydrogen) atoms. The molecular weight excluding hydrogens is 465 g/mol. The summed E-state index contributed by atoms with van der Waals surface area (Å²) < 4.78 is 72.4. The Morgan fingerprint density at radius 2 is 2.00 bits per heavy atom. The number of aliphatic imine (C=N–C) groups is 1. The summed E-state index contributed by atoms with van der Waals surface area (Å²) in [6.07, 6.45) is -4.00. The highest BCUT2D eigenvalue weighted by atomic mass is 35.5. The van der Waals surface area contributed by atoms with Crippen molar-refractivity contribution in [3.8, 4) is 11.5 Å². The quantitative estimate of drug-likeness (QED) is 0.471. The van der Waals surface area contributed by atoms with Gasteiger partial charge in [0.05, 0.1) is 16.5 Å². The molecule has 2 N–H and O–H groups in total. The molecule has 0 atom stereocenters. The number of sulfone groups is 1. The zero-order valence-corrected chi connectivity index (χ0v) is 17.7. The van der Waals surface area contributed by atoms with Gasteiger partial charge in [-0.25, -0.2) is 8.42 Å². The Morgan fingerprint density at radius 3 is 2.58 bits per heavy atom. The van der Waals surface area contributed by atoms with Crippen LogP contribution in [0.5, 0.6) is 0 Å². The molecule has 0 spiro atoms. The van der Waals surface area contributed by atoms with Gasteiger partial charge in [0.25, 0.3) is 5.89 Å². The van der Waals surface area contributed by atoms with Gasteiger partial charge in [0.2, 0.25) is 5.89 Å². The minimum absolute atomic E-state index is 0.0271. The Kier molecular flexibility index (Phi) is 7.44. The van der Waals surface area contributed by atoms with E-state index in [9.17, 15) is 26.4 Å². The van der Waals surface area contributed by atoms with Crippen molar-refractivity contribution in [2.24, 2.45) is 10.7 Å². The molecule has 0 bridgehead atoms. The van der Waals surface area contributed by atoms with Gasteiger partial charge in [0.1, 0.15) is 18.0 Å². The summed E-state index contributed by atoms with van der Waals surface area (Å²) in [4.78, 5) is 15.2. The Balaban J connectivity index is 2.53. The summed E-state index contributed by atoms with van der Waals surface area (Å²) in [6.45, 7) is 0.872. The highest BCUT2D eigenvalue weighted by molar-refractivity contribution is 7.90. The second kappa shape index (κ2) is 9.47. The smallest absolute Gasteiger partial charge is 0.432 e. The van der Waals surface area contributed by atoms with Crippen LogP contribution in [0, 0.1) is 0 Å². The van der Waals surface area contributed by atoms with E-state index in [4.69, 9.17) is 21.8 Å². The fourth-order valence-corrected chi connectivity index (χ4v) is 3.04. The summed E-state index contributed by atoms with van der Waals surface area (Å²) in [5.41, 5.74) is 2.87. The van der Waals surface area contributed by atoms with E-state index in [1.807, 2.05) is 0 Å². The number of aromatic nitrogens is 2. The van der Waals surface area contributed by atoms with E-state index in [0.717, 1.165) is 6.26 Å². The van der Waals surface area contributed by atoms with Crippen molar-refractivity contribution in [2.75, 3.05) is 19.4 Å². The molecular formula is C17H16ClF3N4O5S. The van der Waals surface area contributed by atoms with Crippen LogP contribution in [0.1, 0.15) is 12.8 Å². The van der Waals surface area contributed by atoms with Crippen molar-refractivity contribution in [2.45, 2.75) is 18.0 Å². The van der Waals surface area contributed by atoms with Crippen LogP contribution in [-0.4, -0.2) is 55.9 Å². The standard InChI is InChI=1S/C17H16ClF3N4O5S/c1-3-29-11(26)8-23-13(12(18)14(22)17(19,20)21)16-25-24-15(30-16)9-5-4-6-10(7-9)31(2,27)28/h4-7H,3,8,22H2,1-2H3/b14-12+,23-13?. The molecule has 0 aliphatic rings. The molecule has 0 saturated carbocycles. The number of nitrogens with zero attached hydrogens (tertiary/aromatic N) is 3. The number of hydrogen-bond acceptors (Lipinski definition) is 9. The van der Waals surface area contributed by atoms with Crippen LogP contribution in [0.2, 0.25) is 0 Å². The first-order chi connectivity index (χ1) is 14.3. The second-order valence-electron chi connectivity index (χ2n) is 5.91. The van der Waals surface area contributed by atoms with Gasteiger partial charge in [-0.2, -0.15) is 13.2 Å². The maximum absolute atomic E-state index is 13.0. The number of rotatable bonds is 7. The van der Waals surface area contributed by atoms with Gasteiger partial charge in [0, 0.05) is 11.8 Å². The Morgan fingerprint density at radius 1 is 1.32 bits per heavy atom. The predicted octanol–water partition coefficient (Wildman–Crippen LogP) is 2.46. The molecule has 0 saturated heterocycles. The van der Waals surface area contributed by atoms with Crippen LogP contribution in [0.3, 0.4) is 0 Å². The highest BCUT2D eigenvalue weighted by Crippen LogP contribution is 2.29. The summed E-state index contributed by atoms with van der Waals surface area (Å²) in [5, 5.41) is 6.23. The maximum Gasteiger partial charge on any atom is 0.432 e. The average molecular weight is 481 g/mol. The summed E-state index contributed by atoms with van der Waals surface area (Å²) >= 11 is 5.76. The molecule has 1 heterocycles. The van der Waals surface area contributed by atoms with E-state index in [1.54, 1.807) is 0 Å². The molecule has 0 aliphatic heterocycles. The van der Waals surface area contributed by atoms with Gasteiger partial charge < -0.3 is 14.9 Å². The summed E-state index contributed by atoms with van der Waals surface area (Å²) in [5.74, 6) is -1.63. The number of carbonyl (C=O) groups is 1. The topological polar surface area (TPSA) is 138 Å². The van der Waals surface area contributed by atoms with E-state index >= 15 is 0 Å². The molecule has 9 nitrogen and oxygen atoms in total. The minimum Gasteiger partial charge on any atom is -0.465 e. The molecule has 14 heteroatoms. The number of alkyl halides is 3. The van der Waals surface area contributed by atoms with E-state index in [-0.39, 0.29) is 23.0 Å². The number of allylic oxidation sites excluding steroid dienone is 2. The second-order valence-corrected chi connectivity index (χ2v) is 8.30. The van der Waals surface area contributed by atoms with Crippen LogP contribution in [0.15, 0.2) is 49.3 Å². The van der Waals surface area contributed by atoms with Crippen molar-refractivity contribution in [3.63, 3.8) is 0 Å². The molecule has 2 aromatic rings. The monoisotopic (exact) mass is 480 g/mol. The van der Waals surface area contributed by atoms with Crippen LogP contribution in [0.4, 0.5) is 13.2 Å². The molecule has 0 radical (unpaired) electrons. The Bertz CT molecular complexity index is 1140. The number of hydrogen-bond donors (Lipinski definition) is 1. The Hall–Kier alpha value is -2.93. The lowest BCUT2D eigenvalue weighted by Gasteiger charge is -2.10. The molecule has 1 aromatic heterocycles. The third kappa shape index (κ3) is 6.28. The van der Waals surface area contributed by atoms with Crippen LogP contribution in [-0.2, 0) is 19.4 Å². The minimum atomic E-state index is -4.99. The first-order valence-corrected chi connectivity index (χ1v) is 10.7. The third-order valence-electron chi connectivity index (χ3n) is 3.56. The first-order valence-electron chi connectivity index (χ1n) is 8.41. The van der Waals surface area contributed by atoms with Crippen LogP contribution < -0.4 is 5.73 Å². The molecule has 0 aliphatic carbocycles. The molecule has 168 valence electrons. The van der Waals surface area contributed by atoms with Crippen LogP contribution >= 0.6 is 11.6 Å². The lowest BCUT2D eigenvalue weighted by molar-refractivity contribution is -0.141. The largest absolute Gasteiger partial charge is 0.465 e. The number of ether oxygens (including phenoxy) is 1. The number of benzene rings is 1. The number of nitrogens with two attached hydrogens (primary N) is 1. The number of carbonyl (C=O) groups excluding carboxylic acids is 1. The SMILES string of the molecule is CCOC(=O)CN=C(/C(Cl)=C(\N)C(F)(F)F)c1nnc(-c2cccc(S(C)(=O)=O)c2)o1. The fraction of sp³-hybridized carbons (Fsp3) is 0.294. The van der Waals surface area contributed by atoms with Crippen molar-refractivity contribution in [3.05, 3.63) is 40.9 Å². The zero-order chi connectivity index (χ0) is 23.4. The van der Waals surface area contributed by atoms with Gasteiger partial charge in [-0.15, -0.1) is 10.2 Å². The van der Waals surface area contributed by atoms with Crippen molar-refractivity contribution in [1.82, 2.24) is 10.2 Å². The maximum atomic E-state index is 13.0. The summed E-state index contributed by atoms with van der Waals surface area (Å²) in [7, 11) is -3.54. The van der Waals surface area contributed by atoms with Crippen molar-refractivity contribution in [1.29, 1.82) is 0 Å². The molecule has 1 aromatic carbocycles. The van der Waals surface area contributed by atoms with Gasteiger partial charge in [-0.3, -0.25) is 9.79 Å². The molecule has 0 amide bonds. The van der Waals surface area contributed by atoms with Gasteiger partial charge in [-0.05, 0) is 25.1 Å². The molecule has 0 unspecified atom stereocenters. The third-order valence-corrected chi connectivity index (χ3v) is 5.05. The molecule has 2 rings (SSSR count). The fourth-order valence-electron chi connectivity index (χ4n) is 2.13. The molecule has 0 fully saturated rings. The number of esters is 1. The highest BCUT2D eigenvalue weighted by Gasteiger charge is 2.36. The van der Waals surface area contributed by atoms with Gasteiger partial charge in [0.15, 0.2) is 9.84 Å². The zero-order valence-electron chi connectivity index (χ0n) is 16.1. The normalized spacial score (nSPS) is 13.7.